The molecule has 0 fully saturated rings. The van der Waals surface area contributed by atoms with E-state index in [1.165, 1.54) is 0 Å². The summed E-state index contributed by atoms with van der Waals surface area (Å²) in [5.74, 6) is 0. The van der Waals surface area contributed by atoms with Gasteiger partial charge in [0.15, 0.2) is 13.2 Å². The molecule has 0 amide bonds. The van der Waals surface area contributed by atoms with Crippen molar-refractivity contribution in [1.29, 1.82) is 0 Å². The Bertz CT molecular complexity index is 180. The van der Waals surface area contributed by atoms with Gasteiger partial charge in [0.05, 0.1) is 0 Å². The van der Waals surface area contributed by atoms with E-state index in [9.17, 15) is 20.6 Å². The minimum absolute atomic E-state index is 0.0748. The molecule has 0 unspecified atom stereocenters. The highest BCUT2D eigenvalue weighted by molar-refractivity contribution is 4.43. The standard InChI is InChI=1S/C8H16I2O8/c11-9(12,13)17-7-5-3-1-2-4-6-8-18-10(14,15)16/h1-8H2. The second-order valence-electron chi connectivity index (χ2n) is 3.50. The number of hydrogen-bond donors (Lipinski definition) is 0. The summed E-state index contributed by atoms with van der Waals surface area (Å²) >= 11 is -11.0. The van der Waals surface area contributed by atoms with Gasteiger partial charge in [-0.3, -0.25) is 20.6 Å². The van der Waals surface area contributed by atoms with E-state index in [2.05, 4.69) is 6.13 Å². The van der Waals surface area contributed by atoms with Crippen LogP contribution in [-0.4, -0.2) is 13.2 Å². The molecule has 0 aliphatic rings. The highest BCUT2D eigenvalue weighted by Gasteiger charge is 2.25. The van der Waals surface area contributed by atoms with Crippen molar-refractivity contribution in [3.8, 4) is 0 Å². The molecule has 10 heteroatoms. The van der Waals surface area contributed by atoms with Crippen LogP contribution < -0.4 is 60.8 Å². The van der Waals surface area contributed by atoms with Gasteiger partial charge in [0.2, 0.25) is 0 Å². The smallest absolute Gasteiger partial charge is 0.256 e. The van der Waals surface area contributed by atoms with E-state index in [0.29, 0.717) is 12.8 Å². The van der Waals surface area contributed by atoms with Gasteiger partial charge < -0.3 is 0 Å². The third-order valence-electron chi connectivity index (χ3n) is 1.96. The number of hydrogen-bond acceptors (Lipinski definition) is 8. The highest BCUT2D eigenvalue weighted by atomic mass is 127. The third kappa shape index (κ3) is 17.1. The van der Waals surface area contributed by atoms with Crippen LogP contribution in [0.4, 0.5) is 0 Å². The Morgan fingerprint density at radius 1 is 0.500 bits per heavy atom. The van der Waals surface area contributed by atoms with E-state index in [1.54, 1.807) is 0 Å². The first kappa shape index (κ1) is 19.1. The van der Waals surface area contributed by atoms with Gasteiger partial charge in [0.1, 0.15) is 0 Å². The van der Waals surface area contributed by atoms with E-state index >= 15 is 0 Å². The van der Waals surface area contributed by atoms with Crippen molar-refractivity contribution in [1.82, 2.24) is 0 Å². The van der Waals surface area contributed by atoms with E-state index in [0.717, 1.165) is 25.7 Å². The van der Waals surface area contributed by atoms with E-state index < -0.39 is 40.2 Å². The van der Waals surface area contributed by atoms with Gasteiger partial charge in [-0.1, -0.05) is 25.7 Å². The Hall–Kier alpha value is 1.14. The van der Waals surface area contributed by atoms with Gasteiger partial charge in [-0.2, -0.15) is 0 Å². The molecular weight excluding hydrogens is 478 g/mol. The maximum absolute atomic E-state index is 10.2. The summed E-state index contributed by atoms with van der Waals surface area (Å²) in [6.07, 6.45) is 4.07. The van der Waals surface area contributed by atoms with E-state index in [4.69, 9.17) is 0 Å². The topological polar surface area (TPSA) is 157 Å². The summed E-state index contributed by atoms with van der Waals surface area (Å²) in [5.41, 5.74) is 0. The van der Waals surface area contributed by atoms with Crippen molar-refractivity contribution in [3.05, 3.63) is 0 Å². The Balaban J connectivity index is 3.13. The van der Waals surface area contributed by atoms with Gasteiger partial charge in [-0.25, -0.2) is 0 Å². The lowest BCUT2D eigenvalue weighted by Crippen LogP contribution is -4.24. The predicted octanol–water partition coefficient (Wildman–Crippen LogP) is -10.8. The van der Waals surface area contributed by atoms with Crippen molar-refractivity contribution in [3.63, 3.8) is 0 Å². The summed E-state index contributed by atoms with van der Waals surface area (Å²) in [6, 6.07) is 0. The van der Waals surface area contributed by atoms with Gasteiger partial charge in [-0.15, -0.1) is 0 Å². The van der Waals surface area contributed by atoms with Crippen molar-refractivity contribution >= 4 is 0 Å². The minimum atomic E-state index is -5.50. The minimum Gasteiger partial charge on any atom is -0.256 e. The normalized spacial score (nSPS) is 13.0. The lowest BCUT2D eigenvalue weighted by atomic mass is 10.1. The lowest BCUT2D eigenvalue weighted by molar-refractivity contribution is -1.92. The molecule has 0 rings (SSSR count). The summed E-state index contributed by atoms with van der Waals surface area (Å²) < 4.78 is 69.1. The highest BCUT2D eigenvalue weighted by Crippen LogP contribution is 2.04. The Labute approximate surface area is 118 Å². The molecule has 0 spiro atoms. The van der Waals surface area contributed by atoms with Crippen LogP contribution in [0.2, 0.25) is 0 Å². The van der Waals surface area contributed by atoms with Crippen LogP contribution >= 0.6 is 0 Å². The second kappa shape index (κ2) is 9.95. The van der Waals surface area contributed by atoms with Crippen LogP contribution in [0.25, 0.3) is 0 Å². The van der Waals surface area contributed by atoms with Crippen molar-refractivity contribution in [2.45, 2.75) is 38.5 Å². The first-order valence-corrected chi connectivity index (χ1v) is 12.4. The second-order valence-corrected chi connectivity index (χ2v) is 9.06. The van der Waals surface area contributed by atoms with Crippen LogP contribution in [0, 0.1) is 0 Å². The summed E-state index contributed by atoms with van der Waals surface area (Å²) in [4.78, 5) is 0. The van der Waals surface area contributed by atoms with Crippen molar-refractivity contribution in [2.24, 2.45) is 0 Å². The lowest BCUT2D eigenvalue weighted by Gasteiger charge is -2.06. The van der Waals surface area contributed by atoms with E-state index in [-0.39, 0.29) is 13.2 Å². The molecule has 0 atom stereocenters. The van der Waals surface area contributed by atoms with Crippen LogP contribution in [-0.2, 0) is 6.13 Å². The molecule has 8 nitrogen and oxygen atoms in total. The van der Waals surface area contributed by atoms with Gasteiger partial charge in [0, 0.05) is 6.13 Å². The zero-order valence-corrected chi connectivity index (χ0v) is 14.0. The van der Waals surface area contributed by atoms with Crippen molar-refractivity contribution < 1.29 is 66.9 Å². The molecule has 0 aliphatic carbocycles. The molecule has 0 aromatic rings. The number of unbranched alkanes of at least 4 members (excludes halogenated alkanes) is 5. The molecule has 0 aliphatic heterocycles. The van der Waals surface area contributed by atoms with E-state index in [1.807, 2.05) is 0 Å². The molecule has 0 heterocycles. The monoisotopic (exact) mass is 494 g/mol. The number of rotatable bonds is 11. The summed E-state index contributed by atoms with van der Waals surface area (Å²) in [6.45, 7) is -0.150. The van der Waals surface area contributed by atoms with Gasteiger partial charge in [-0.05, 0) is 12.8 Å². The summed E-state index contributed by atoms with van der Waals surface area (Å²) in [7, 11) is 0. The molecule has 0 aromatic carbocycles. The summed E-state index contributed by atoms with van der Waals surface area (Å²) in [5, 5.41) is 0. The maximum atomic E-state index is 10.2. The van der Waals surface area contributed by atoms with Gasteiger partial charge in [0.25, 0.3) is 0 Å². The largest absolute Gasteiger partial charge is 0.372 e. The molecule has 0 bridgehead atoms. The fraction of sp³-hybridized carbons (Fsp3) is 1.00. The Kier molecular flexibility index (Phi) is 10.6. The molecule has 0 N–H and O–H groups in total. The molecule has 18 heavy (non-hydrogen) atoms. The third-order valence-corrected chi connectivity index (χ3v) is 4.37. The Morgan fingerprint density at radius 2 is 0.778 bits per heavy atom. The molecule has 0 saturated heterocycles. The fourth-order valence-electron chi connectivity index (χ4n) is 1.21. The Morgan fingerprint density at radius 3 is 1.06 bits per heavy atom. The maximum Gasteiger partial charge on any atom is 0.372 e. The molecule has 0 radical (unpaired) electrons. The van der Waals surface area contributed by atoms with Crippen LogP contribution in [0.15, 0.2) is 0 Å². The zero-order chi connectivity index (χ0) is 14.1. The van der Waals surface area contributed by atoms with Crippen molar-refractivity contribution in [2.75, 3.05) is 13.2 Å². The predicted molar refractivity (Wildman–Crippen MR) is 39.6 cm³/mol. The van der Waals surface area contributed by atoms with Crippen LogP contribution in [0.5, 0.6) is 0 Å². The van der Waals surface area contributed by atoms with Crippen LogP contribution in [0.3, 0.4) is 0 Å². The molecule has 0 aromatic heterocycles. The first-order chi connectivity index (χ1) is 8.21. The average molecular weight is 494 g/mol. The zero-order valence-electron chi connectivity index (χ0n) is 9.68. The first-order valence-electron chi connectivity index (χ1n) is 5.31. The average Bonchev–Trinajstić information content (AvgIpc) is 2.17. The molecule has 110 valence electrons. The molecule has 0 saturated carbocycles. The fourth-order valence-corrected chi connectivity index (χ4v) is 2.91. The SMILES string of the molecule is [O-][I+3]([O-])([O-])OCCCCCCCCO[I+3]([O-])([O-])[O-]. The van der Waals surface area contributed by atoms with Gasteiger partial charge >= 0.3 is 40.2 Å². The molecular formula is C8H16I2O8. The van der Waals surface area contributed by atoms with Crippen LogP contribution in [0.1, 0.15) is 38.5 Å². The number of halogens is 2. The quantitative estimate of drug-likeness (QED) is 0.203.